The topological polar surface area (TPSA) is 43.8 Å². The van der Waals surface area contributed by atoms with Crippen LogP contribution in [-0.2, 0) is 9.47 Å². The molecule has 1 unspecified atom stereocenters. The van der Waals surface area contributed by atoms with Crippen LogP contribution in [0, 0.1) is 5.82 Å². The number of aromatic nitrogens is 1. The van der Waals surface area contributed by atoms with Crippen LogP contribution in [0.3, 0.4) is 0 Å². The number of likely N-dealkylation sites (tertiary alicyclic amines) is 1. The van der Waals surface area contributed by atoms with Crippen LogP contribution < -0.4 is 4.74 Å². The summed E-state index contributed by atoms with van der Waals surface area (Å²) < 4.78 is 31.0. The second-order valence-corrected chi connectivity index (χ2v) is 6.80. The molecule has 0 radical (unpaired) electrons. The van der Waals surface area contributed by atoms with Crippen molar-refractivity contribution in [3.8, 4) is 5.88 Å². The lowest BCUT2D eigenvalue weighted by atomic mass is 9.82. The second-order valence-electron chi connectivity index (χ2n) is 6.80. The van der Waals surface area contributed by atoms with Crippen LogP contribution in [0.15, 0.2) is 18.3 Å². The molecule has 0 amide bonds. The summed E-state index contributed by atoms with van der Waals surface area (Å²) in [4.78, 5) is 6.48. The summed E-state index contributed by atoms with van der Waals surface area (Å²) in [5.74, 6) is -0.291. The zero-order valence-corrected chi connectivity index (χ0v) is 13.2. The van der Waals surface area contributed by atoms with Gasteiger partial charge >= 0.3 is 0 Å². The standard InChI is InChI=1S/C17H23FN2O3/c18-15-2-1-6-19-16(15)23-14-5-9-22-17(10-14)11-20(12-17)13-3-7-21-8-4-13/h1-2,6,13-14H,3-5,7-12H2. The summed E-state index contributed by atoms with van der Waals surface area (Å²) >= 11 is 0. The lowest BCUT2D eigenvalue weighted by Crippen LogP contribution is -2.68. The van der Waals surface area contributed by atoms with E-state index in [1.54, 1.807) is 12.3 Å². The van der Waals surface area contributed by atoms with Gasteiger partial charge in [-0.1, -0.05) is 0 Å². The Morgan fingerprint density at radius 2 is 2.04 bits per heavy atom. The highest BCUT2D eigenvalue weighted by molar-refractivity contribution is 5.14. The normalized spacial score (nSPS) is 28.5. The predicted molar refractivity (Wildman–Crippen MR) is 81.9 cm³/mol. The zero-order chi connectivity index (χ0) is 15.7. The van der Waals surface area contributed by atoms with Gasteiger partial charge in [-0.3, -0.25) is 4.90 Å². The van der Waals surface area contributed by atoms with Crippen LogP contribution in [-0.4, -0.2) is 60.5 Å². The Labute approximate surface area is 135 Å². The number of rotatable bonds is 3. The summed E-state index contributed by atoms with van der Waals surface area (Å²) in [7, 11) is 0. The molecule has 0 bridgehead atoms. The quantitative estimate of drug-likeness (QED) is 0.852. The van der Waals surface area contributed by atoms with E-state index in [4.69, 9.17) is 14.2 Å². The largest absolute Gasteiger partial charge is 0.472 e. The van der Waals surface area contributed by atoms with Crippen LogP contribution in [0.4, 0.5) is 4.39 Å². The van der Waals surface area contributed by atoms with Gasteiger partial charge in [0, 0.05) is 51.4 Å². The molecule has 3 aliphatic heterocycles. The second kappa shape index (κ2) is 6.34. The maximum atomic E-state index is 13.7. The minimum Gasteiger partial charge on any atom is -0.472 e. The molecule has 0 aliphatic carbocycles. The van der Waals surface area contributed by atoms with Gasteiger partial charge in [-0.05, 0) is 25.0 Å². The average molecular weight is 322 g/mol. The number of ether oxygens (including phenoxy) is 3. The third-order valence-corrected chi connectivity index (χ3v) is 5.14. The highest BCUT2D eigenvalue weighted by atomic mass is 19.1. The van der Waals surface area contributed by atoms with Gasteiger partial charge in [0.15, 0.2) is 5.82 Å². The number of hydrogen-bond acceptors (Lipinski definition) is 5. The molecule has 3 aliphatic rings. The third-order valence-electron chi connectivity index (χ3n) is 5.14. The molecule has 3 saturated heterocycles. The van der Waals surface area contributed by atoms with Crippen LogP contribution in [0.2, 0.25) is 0 Å². The van der Waals surface area contributed by atoms with Gasteiger partial charge in [-0.2, -0.15) is 0 Å². The van der Waals surface area contributed by atoms with E-state index in [0.717, 1.165) is 52.0 Å². The number of nitrogens with zero attached hydrogens (tertiary/aromatic N) is 2. The molecule has 6 heteroatoms. The molecule has 1 aromatic heterocycles. The molecular formula is C17H23FN2O3. The Bertz CT molecular complexity index is 544. The fourth-order valence-corrected chi connectivity index (χ4v) is 3.92. The maximum absolute atomic E-state index is 13.7. The Morgan fingerprint density at radius 3 is 2.83 bits per heavy atom. The molecule has 23 heavy (non-hydrogen) atoms. The number of hydrogen-bond donors (Lipinski definition) is 0. The van der Waals surface area contributed by atoms with E-state index in [1.165, 1.54) is 6.07 Å². The molecule has 4 rings (SSSR count). The molecular weight excluding hydrogens is 299 g/mol. The lowest BCUT2D eigenvalue weighted by molar-refractivity contribution is -0.200. The Morgan fingerprint density at radius 1 is 1.22 bits per heavy atom. The van der Waals surface area contributed by atoms with E-state index in [2.05, 4.69) is 9.88 Å². The Balaban J connectivity index is 1.34. The first-order chi connectivity index (χ1) is 11.2. The van der Waals surface area contributed by atoms with Crippen LogP contribution in [0.1, 0.15) is 25.7 Å². The van der Waals surface area contributed by atoms with Crippen molar-refractivity contribution in [2.24, 2.45) is 0 Å². The summed E-state index contributed by atoms with van der Waals surface area (Å²) in [6.45, 7) is 4.28. The van der Waals surface area contributed by atoms with Crippen LogP contribution in [0.25, 0.3) is 0 Å². The third kappa shape index (κ3) is 3.20. The highest BCUT2D eigenvalue weighted by Gasteiger charge is 2.50. The summed E-state index contributed by atoms with van der Waals surface area (Å²) in [5, 5.41) is 0. The van der Waals surface area contributed by atoms with E-state index < -0.39 is 5.82 Å². The monoisotopic (exact) mass is 322 g/mol. The molecule has 1 spiro atoms. The molecule has 1 atom stereocenters. The van der Waals surface area contributed by atoms with Crippen molar-refractivity contribution in [3.63, 3.8) is 0 Å². The van der Waals surface area contributed by atoms with Crippen LogP contribution in [0.5, 0.6) is 5.88 Å². The van der Waals surface area contributed by atoms with E-state index in [9.17, 15) is 4.39 Å². The average Bonchev–Trinajstić information content (AvgIpc) is 2.56. The minimum absolute atomic E-state index is 0.0232. The fourth-order valence-electron chi connectivity index (χ4n) is 3.92. The molecule has 5 nitrogen and oxygen atoms in total. The van der Waals surface area contributed by atoms with E-state index >= 15 is 0 Å². The van der Waals surface area contributed by atoms with Crippen molar-refractivity contribution in [2.45, 2.75) is 43.4 Å². The van der Waals surface area contributed by atoms with E-state index in [-0.39, 0.29) is 17.6 Å². The van der Waals surface area contributed by atoms with Gasteiger partial charge in [-0.15, -0.1) is 0 Å². The van der Waals surface area contributed by atoms with Crippen molar-refractivity contribution in [2.75, 3.05) is 32.9 Å². The molecule has 0 N–H and O–H groups in total. The predicted octanol–water partition coefficient (Wildman–Crippen LogP) is 2.01. The van der Waals surface area contributed by atoms with Crippen molar-refractivity contribution in [1.29, 1.82) is 0 Å². The molecule has 1 aromatic rings. The minimum atomic E-state index is -0.398. The Hall–Kier alpha value is -1.24. The first-order valence-electron chi connectivity index (χ1n) is 8.47. The van der Waals surface area contributed by atoms with Crippen molar-refractivity contribution >= 4 is 0 Å². The van der Waals surface area contributed by atoms with Gasteiger partial charge in [0.25, 0.3) is 5.88 Å². The highest BCUT2D eigenvalue weighted by Crippen LogP contribution is 2.38. The lowest BCUT2D eigenvalue weighted by Gasteiger charge is -2.56. The number of pyridine rings is 1. The first-order valence-corrected chi connectivity index (χ1v) is 8.47. The zero-order valence-electron chi connectivity index (χ0n) is 13.2. The molecule has 0 saturated carbocycles. The maximum Gasteiger partial charge on any atom is 0.250 e. The van der Waals surface area contributed by atoms with Gasteiger partial charge in [0.05, 0.1) is 12.2 Å². The van der Waals surface area contributed by atoms with Gasteiger partial charge in [0.1, 0.15) is 6.10 Å². The van der Waals surface area contributed by atoms with Gasteiger partial charge in [-0.25, -0.2) is 9.37 Å². The summed E-state index contributed by atoms with van der Waals surface area (Å²) in [6.07, 6.45) is 5.34. The van der Waals surface area contributed by atoms with Gasteiger partial charge in [0.2, 0.25) is 0 Å². The molecule has 3 fully saturated rings. The SMILES string of the molecule is Fc1cccnc1OC1CCOC2(C1)CN(C1CCOCC1)C2. The first kappa shape index (κ1) is 15.3. The fraction of sp³-hybridized carbons (Fsp3) is 0.706. The van der Waals surface area contributed by atoms with Crippen molar-refractivity contribution in [1.82, 2.24) is 9.88 Å². The van der Waals surface area contributed by atoms with Gasteiger partial charge < -0.3 is 14.2 Å². The Kier molecular flexibility index (Phi) is 4.22. The molecule has 0 aromatic carbocycles. The van der Waals surface area contributed by atoms with E-state index in [0.29, 0.717) is 12.6 Å². The smallest absolute Gasteiger partial charge is 0.250 e. The summed E-state index contributed by atoms with van der Waals surface area (Å²) in [5.41, 5.74) is -0.119. The number of halogens is 1. The molecule has 4 heterocycles. The van der Waals surface area contributed by atoms with Crippen molar-refractivity contribution in [3.05, 3.63) is 24.1 Å². The molecule has 126 valence electrons. The summed E-state index contributed by atoms with van der Waals surface area (Å²) in [6, 6.07) is 3.58. The van der Waals surface area contributed by atoms with Crippen molar-refractivity contribution < 1.29 is 18.6 Å². The van der Waals surface area contributed by atoms with E-state index in [1.807, 2.05) is 0 Å². The van der Waals surface area contributed by atoms with Crippen LogP contribution >= 0.6 is 0 Å².